The Labute approximate surface area is 196 Å². The predicted molar refractivity (Wildman–Crippen MR) is 122 cm³/mol. The molecule has 0 bridgehead atoms. The number of rotatable bonds is 5. The molecule has 0 spiro atoms. The van der Waals surface area contributed by atoms with E-state index < -0.39 is 33.1 Å². The molecule has 4 rings (SSSR count). The standard InChI is InChI=1S/C22H23ClN4O5S/c1-22(2,31-3)21-26-25-19(32-21)14-6-9-18-17(10-14)27(11-13-4-7-15(23)8-5-13)20(28)16(24)12-33(18,29)30/h4-10,16H,11-12,24H2,1-3H3/t16-/m0/s1. The number of nitrogens with zero attached hydrogens (tertiary/aromatic N) is 3. The summed E-state index contributed by atoms with van der Waals surface area (Å²) < 4.78 is 37.1. The van der Waals surface area contributed by atoms with Crippen molar-refractivity contribution in [2.24, 2.45) is 5.73 Å². The minimum absolute atomic E-state index is 0.0125. The summed E-state index contributed by atoms with van der Waals surface area (Å²) in [5.41, 5.74) is 6.59. The minimum Gasteiger partial charge on any atom is -0.418 e. The average molecular weight is 491 g/mol. The van der Waals surface area contributed by atoms with Crippen molar-refractivity contribution < 1.29 is 22.4 Å². The molecule has 174 valence electrons. The lowest BCUT2D eigenvalue weighted by Crippen LogP contribution is -2.45. The number of anilines is 1. The third-order valence-corrected chi connectivity index (χ3v) is 7.58. The predicted octanol–water partition coefficient (Wildman–Crippen LogP) is 2.92. The van der Waals surface area contributed by atoms with E-state index in [2.05, 4.69) is 10.2 Å². The highest BCUT2D eigenvalue weighted by molar-refractivity contribution is 7.91. The van der Waals surface area contributed by atoms with Crippen LogP contribution in [-0.4, -0.2) is 43.4 Å². The summed E-state index contributed by atoms with van der Waals surface area (Å²) in [6.45, 7) is 3.67. The third-order valence-electron chi connectivity index (χ3n) is 5.52. The van der Waals surface area contributed by atoms with E-state index >= 15 is 0 Å². The van der Waals surface area contributed by atoms with Crippen LogP contribution in [0.15, 0.2) is 51.8 Å². The maximum absolute atomic E-state index is 13.1. The lowest BCUT2D eigenvalue weighted by molar-refractivity contribution is -0.119. The third kappa shape index (κ3) is 4.51. The molecule has 2 N–H and O–H groups in total. The van der Waals surface area contributed by atoms with Crippen molar-refractivity contribution in [2.75, 3.05) is 17.8 Å². The van der Waals surface area contributed by atoms with Crippen molar-refractivity contribution in [3.8, 4) is 11.5 Å². The quantitative estimate of drug-likeness (QED) is 0.578. The summed E-state index contributed by atoms with van der Waals surface area (Å²) in [7, 11) is -2.28. The first-order chi connectivity index (χ1) is 15.5. The molecule has 2 aromatic carbocycles. The molecule has 1 atom stereocenters. The molecule has 1 aliphatic heterocycles. The van der Waals surface area contributed by atoms with Gasteiger partial charge in [-0.05, 0) is 49.7 Å². The monoisotopic (exact) mass is 490 g/mol. The number of carbonyl (C=O) groups is 1. The van der Waals surface area contributed by atoms with Crippen LogP contribution in [0.5, 0.6) is 0 Å². The van der Waals surface area contributed by atoms with Crippen LogP contribution in [0, 0.1) is 0 Å². The number of fused-ring (bicyclic) bond motifs is 1. The zero-order valence-electron chi connectivity index (χ0n) is 18.3. The van der Waals surface area contributed by atoms with E-state index in [1.54, 1.807) is 50.2 Å². The summed E-state index contributed by atoms with van der Waals surface area (Å²) in [6.07, 6.45) is 0. The Morgan fingerprint density at radius 1 is 1.21 bits per heavy atom. The molecule has 0 aliphatic carbocycles. The molecule has 0 unspecified atom stereocenters. The van der Waals surface area contributed by atoms with Crippen molar-refractivity contribution in [3.63, 3.8) is 0 Å². The molecule has 1 amide bonds. The molecule has 3 aromatic rings. The van der Waals surface area contributed by atoms with Crippen LogP contribution in [0.2, 0.25) is 5.02 Å². The van der Waals surface area contributed by atoms with Gasteiger partial charge in [0.25, 0.3) is 0 Å². The zero-order valence-corrected chi connectivity index (χ0v) is 19.9. The molecule has 0 radical (unpaired) electrons. The van der Waals surface area contributed by atoms with Gasteiger partial charge in [-0.15, -0.1) is 10.2 Å². The number of sulfone groups is 1. The SMILES string of the molecule is COC(C)(C)c1nnc(-c2ccc3c(c2)N(Cc2ccc(Cl)cc2)C(=O)[C@@H](N)CS3(=O)=O)o1. The molecule has 0 saturated heterocycles. The first-order valence-corrected chi connectivity index (χ1v) is 12.1. The Morgan fingerprint density at radius 2 is 1.91 bits per heavy atom. The second-order valence-electron chi connectivity index (χ2n) is 8.25. The van der Waals surface area contributed by atoms with Crippen LogP contribution in [0.4, 0.5) is 5.69 Å². The fourth-order valence-corrected chi connectivity index (χ4v) is 5.13. The van der Waals surface area contributed by atoms with Gasteiger partial charge in [0.05, 0.1) is 28.9 Å². The second kappa shape index (κ2) is 8.53. The van der Waals surface area contributed by atoms with Crippen molar-refractivity contribution >= 4 is 33.0 Å². The van der Waals surface area contributed by atoms with Gasteiger partial charge in [-0.3, -0.25) is 4.79 Å². The van der Waals surface area contributed by atoms with E-state index in [0.29, 0.717) is 10.6 Å². The van der Waals surface area contributed by atoms with E-state index in [0.717, 1.165) is 5.56 Å². The van der Waals surface area contributed by atoms with Gasteiger partial charge in [-0.2, -0.15) is 0 Å². The Kier molecular flexibility index (Phi) is 6.04. The Balaban J connectivity index is 1.83. The van der Waals surface area contributed by atoms with Crippen LogP contribution in [0.3, 0.4) is 0 Å². The number of halogens is 1. The molecule has 33 heavy (non-hydrogen) atoms. The zero-order chi connectivity index (χ0) is 24.0. The topological polar surface area (TPSA) is 129 Å². The molecule has 9 nitrogen and oxygen atoms in total. The molecular formula is C22H23ClN4O5S. The van der Waals surface area contributed by atoms with Gasteiger partial charge in [-0.1, -0.05) is 23.7 Å². The average Bonchev–Trinajstić information content (AvgIpc) is 3.26. The number of carbonyl (C=O) groups excluding carboxylic acids is 1. The number of nitrogens with two attached hydrogens (primary N) is 1. The Hall–Kier alpha value is -2.79. The van der Waals surface area contributed by atoms with E-state index in [1.165, 1.54) is 18.1 Å². The van der Waals surface area contributed by atoms with Gasteiger partial charge >= 0.3 is 0 Å². The number of hydrogen-bond donors (Lipinski definition) is 1. The number of hydrogen-bond acceptors (Lipinski definition) is 8. The van der Waals surface area contributed by atoms with Gasteiger partial charge in [0, 0.05) is 17.7 Å². The van der Waals surface area contributed by atoms with Gasteiger partial charge < -0.3 is 19.8 Å². The summed E-state index contributed by atoms with van der Waals surface area (Å²) in [5.74, 6) is -0.556. The van der Waals surface area contributed by atoms with Crippen molar-refractivity contribution in [1.29, 1.82) is 0 Å². The van der Waals surface area contributed by atoms with Gasteiger partial charge in [0.1, 0.15) is 5.60 Å². The van der Waals surface area contributed by atoms with Crippen LogP contribution in [0.1, 0.15) is 25.3 Å². The van der Waals surface area contributed by atoms with Gasteiger partial charge in [0.15, 0.2) is 9.84 Å². The van der Waals surface area contributed by atoms with E-state index in [4.69, 9.17) is 26.5 Å². The number of amides is 1. The number of methoxy groups -OCH3 is 1. The lowest BCUT2D eigenvalue weighted by atomic mass is 10.1. The number of benzene rings is 2. The van der Waals surface area contributed by atoms with Crippen LogP contribution in [-0.2, 0) is 31.5 Å². The molecule has 11 heteroatoms. The Morgan fingerprint density at radius 3 is 2.58 bits per heavy atom. The van der Waals surface area contributed by atoms with Crippen LogP contribution >= 0.6 is 11.6 Å². The maximum atomic E-state index is 13.1. The highest BCUT2D eigenvalue weighted by atomic mass is 35.5. The minimum atomic E-state index is -3.81. The summed E-state index contributed by atoms with van der Waals surface area (Å²) in [6, 6.07) is 10.3. The highest BCUT2D eigenvalue weighted by Gasteiger charge is 2.36. The van der Waals surface area contributed by atoms with Crippen LogP contribution in [0.25, 0.3) is 11.5 Å². The first-order valence-electron chi connectivity index (χ1n) is 10.1. The van der Waals surface area contributed by atoms with E-state index in [-0.39, 0.29) is 28.9 Å². The molecule has 0 fully saturated rings. The van der Waals surface area contributed by atoms with Gasteiger partial charge in [0.2, 0.25) is 17.7 Å². The molecular weight excluding hydrogens is 468 g/mol. The molecule has 1 aromatic heterocycles. The largest absolute Gasteiger partial charge is 0.418 e. The molecule has 1 aliphatic rings. The van der Waals surface area contributed by atoms with Crippen molar-refractivity contribution in [3.05, 3.63) is 58.9 Å². The second-order valence-corrected chi connectivity index (χ2v) is 10.7. The fraction of sp³-hybridized carbons (Fsp3) is 0.318. The molecule has 2 heterocycles. The number of ether oxygens (including phenoxy) is 1. The van der Waals surface area contributed by atoms with E-state index in [1.807, 2.05) is 0 Å². The summed E-state index contributed by atoms with van der Waals surface area (Å²) in [4.78, 5) is 14.5. The fourth-order valence-electron chi connectivity index (χ4n) is 3.45. The highest BCUT2D eigenvalue weighted by Crippen LogP contribution is 2.36. The normalized spacial score (nSPS) is 18.2. The number of aromatic nitrogens is 2. The Bertz CT molecular complexity index is 1300. The first kappa shape index (κ1) is 23.4. The van der Waals surface area contributed by atoms with E-state index in [9.17, 15) is 13.2 Å². The van der Waals surface area contributed by atoms with Crippen molar-refractivity contribution in [2.45, 2.75) is 36.9 Å². The smallest absolute Gasteiger partial charge is 0.248 e. The molecule has 0 saturated carbocycles. The van der Waals surface area contributed by atoms with Gasteiger partial charge in [-0.25, -0.2) is 8.42 Å². The lowest BCUT2D eigenvalue weighted by Gasteiger charge is -2.24. The summed E-state index contributed by atoms with van der Waals surface area (Å²) >= 11 is 5.97. The van der Waals surface area contributed by atoms with Crippen LogP contribution < -0.4 is 10.6 Å². The maximum Gasteiger partial charge on any atom is 0.248 e. The summed E-state index contributed by atoms with van der Waals surface area (Å²) in [5, 5.41) is 8.67. The van der Waals surface area contributed by atoms with Crippen molar-refractivity contribution in [1.82, 2.24) is 10.2 Å².